The van der Waals surface area contributed by atoms with E-state index >= 15 is 0 Å². The lowest BCUT2D eigenvalue weighted by Gasteiger charge is -2.30. The van der Waals surface area contributed by atoms with Gasteiger partial charge in [0.1, 0.15) is 12.0 Å². The van der Waals surface area contributed by atoms with Gasteiger partial charge in [-0.2, -0.15) is 0 Å². The molecule has 0 saturated carbocycles. The first-order valence-electron chi connectivity index (χ1n) is 18.1. The molecular formula is C45H51ClN4. The van der Waals surface area contributed by atoms with E-state index in [1.165, 1.54) is 33.3 Å². The molecule has 0 spiro atoms. The van der Waals surface area contributed by atoms with Gasteiger partial charge in [0.2, 0.25) is 0 Å². The SMILES string of the molecule is CC.CC.CC(N=C(c1ccccc1)N(C)C(C)c1cc(Cl)cc(-c2ccc3c(c2)c2c(n3C3C=CC=CN3)C=CCC2)c1)c1ccccc1. The van der Waals surface area contributed by atoms with Crippen LogP contribution in [0.15, 0.2) is 133 Å². The molecule has 5 aromatic rings. The number of nitrogens with one attached hydrogen (secondary N) is 1. The molecule has 4 nitrogen and oxygen atoms in total. The highest BCUT2D eigenvalue weighted by atomic mass is 35.5. The molecular weight excluding hydrogens is 632 g/mol. The van der Waals surface area contributed by atoms with Crippen LogP contribution in [0, 0.1) is 0 Å². The summed E-state index contributed by atoms with van der Waals surface area (Å²) in [6.45, 7) is 12.4. The third-order valence-electron chi connectivity index (χ3n) is 9.31. The monoisotopic (exact) mass is 682 g/mol. The number of aliphatic imine (C=N–C) groups is 1. The fourth-order valence-corrected chi connectivity index (χ4v) is 6.96. The normalized spacial score (nSPS) is 15.9. The van der Waals surface area contributed by atoms with E-state index in [0.717, 1.165) is 40.4 Å². The average molecular weight is 683 g/mol. The van der Waals surface area contributed by atoms with Gasteiger partial charge in [0, 0.05) is 28.7 Å². The maximum atomic E-state index is 6.86. The molecule has 258 valence electrons. The van der Waals surface area contributed by atoms with E-state index in [2.05, 4.69) is 145 Å². The minimum absolute atomic E-state index is 0.0103. The number of fused-ring (bicyclic) bond motifs is 3. The zero-order valence-corrected chi connectivity index (χ0v) is 31.3. The van der Waals surface area contributed by atoms with Crippen LogP contribution in [-0.2, 0) is 6.42 Å². The highest BCUT2D eigenvalue weighted by Crippen LogP contribution is 2.38. The molecule has 3 atom stereocenters. The number of allylic oxidation sites excluding steroid dienone is 3. The van der Waals surface area contributed by atoms with Crippen LogP contribution in [0.3, 0.4) is 0 Å². The maximum Gasteiger partial charge on any atom is 0.131 e. The number of nitrogens with zero attached hydrogens (tertiary/aromatic N) is 3. The topological polar surface area (TPSA) is 32.6 Å². The van der Waals surface area contributed by atoms with E-state index in [-0.39, 0.29) is 18.2 Å². The number of rotatable bonds is 7. The number of aromatic nitrogens is 1. The van der Waals surface area contributed by atoms with Gasteiger partial charge in [-0.15, -0.1) is 0 Å². The van der Waals surface area contributed by atoms with Crippen LogP contribution in [0.25, 0.3) is 28.1 Å². The van der Waals surface area contributed by atoms with Crippen molar-refractivity contribution < 1.29 is 0 Å². The second-order valence-electron chi connectivity index (χ2n) is 12.2. The van der Waals surface area contributed by atoms with E-state index in [0.29, 0.717) is 0 Å². The molecule has 0 fully saturated rings. The Hall–Kier alpha value is -4.80. The third kappa shape index (κ3) is 7.82. The Kier molecular flexibility index (Phi) is 12.6. The molecule has 0 saturated heterocycles. The first-order valence-corrected chi connectivity index (χ1v) is 18.5. The Morgan fingerprint density at radius 1 is 0.840 bits per heavy atom. The molecule has 0 radical (unpaired) electrons. The lowest BCUT2D eigenvalue weighted by atomic mass is 9.96. The van der Waals surface area contributed by atoms with Gasteiger partial charge in [-0.1, -0.05) is 118 Å². The third-order valence-corrected chi connectivity index (χ3v) is 9.53. The van der Waals surface area contributed by atoms with Gasteiger partial charge in [0.15, 0.2) is 0 Å². The minimum Gasteiger partial charge on any atom is -0.368 e. The van der Waals surface area contributed by atoms with Crippen molar-refractivity contribution in [1.29, 1.82) is 0 Å². The molecule has 1 aliphatic carbocycles. The smallest absolute Gasteiger partial charge is 0.131 e. The molecule has 3 unspecified atom stereocenters. The predicted octanol–water partition coefficient (Wildman–Crippen LogP) is 12.3. The summed E-state index contributed by atoms with van der Waals surface area (Å²) >= 11 is 6.86. The Morgan fingerprint density at radius 2 is 1.56 bits per heavy atom. The molecule has 2 heterocycles. The van der Waals surface area contributed by atoms with Crippen molar-refractivity contribution in [2.45, 2.75) is 72.6 Å². The van der Waals surface area contributed by atoms with Gasteiger partial charge in [-0.25, -0.2) is 0 Å². The van der Waals surface area contributed by atoms with Crippen LogP contribution in [-0.4, -0.2) is 22.4 Å². The summed E-state index contributed by atoms with van der Waals surface area (Å²) in [6.07, 6.45) is 15.1. The lowest BCUT2D eigenvalue weighted by Crippen LogP contribution is -2.31. The number of amidine groups is 1. The zero-order valence-electron chi connectivity index (χ0n) is 30.6. The number of hydrogen-bond donors (Lipinski definition) is 1. The van der Waals surface area contributed by atoms with Crippen molar-refractivity contribution in [1.82, 2.24) is 14.8 Å². The van der Waals surface area contributed by atoms with Crippen LogP contribution in [0.5, 0.6) is 0 Å². The van der Waals surface area contributed by atoms with E-state index in [1.54, 1.807) is 0 Å². The minimum atomic E-state index is 0.0103. The highest BCUT2D eigenvalue weighted by molar-refractivity contribution is 6.31. The number of aryl methyl sites for hydroxylation is 1. The quantitative estimate of drug-likeness (QED) is 0.137. The lowest BCUT2D eigenvalue weighted by molar-refractivity contribution is 0.400. The summed E-state index contributed by atoms with van der Waals surface area (Å²) in [4.78, 5) is 7.54. The predicted molar refractivity (Wildman–Crippen MR) is 217 cm³/mol. The van der Waals surface area contributed by atoms with Crippen molar-refractivity contribution in [3.8, 4) is 11.1 Å². The van der Waals surface area contributed by atoms with Crippen molar-refractivity contribution in [2.24, 2.45) is 4.99 Å². The number of hydrogen-bond acceptors (Lipinski definition) is 2. The first kappa shape index (κ1) is 36.5. The summed E-state index contributed by atoms with van der Waals surface area (Å²) in [6, 6.07) is 34.3. The fraction of sp³-hybridized carbons (Fsp3) is 0.267. The Labute approximate surface area is 304 Å². The van der Waals surface area contributed by atoms with Crippen LogP contribution in [0.1, 0.15) is 94.2 Å². The second-order valence-corrected chi connectivity index (χ2v) is 12.7. The van der Waals surface area contributed by atoms with Gasteiger partial charge in [0.25, 0.3) is 0 Å². The van der Waals surface area contributed by atoms with Gasteiger partial charge in [-0.05, 0) is 109 Å². The van der Waals surface area contributed by atoms with Crippen LogP contribution < -0.4 is 5.32 Å². The van der Waals surface area contributed by atoms with Crippen molar-refractivity contribution in [2.75, 3.05) is 7.05 Å². The fourth-order valence-electron chi connectivity index (χ4n) is 6.71. The van der Waals surface area contributed by atoms with Crippen LogP contribution in [0.4, 0.5) is 0 Å². The molecule has 7 rings (SSSR count). The van der Waals surface area contributed by atoms with Crippen molar-refractivity contribution >= 4 is 34.4 Å². The average Bonchev–Trinajstić information content (AvgIpc) is 3.52. The summed E-state index contributed by atoms with van der Waals surface area (Å²) < 4.78 is 2.42. The maximum absolute atomic E-state index is 6.86. The van der Waals surface area contributed by atoms with E-state index < -0.39 is 0 Å². The summed E-state index contributed by atoms with van der Waals surface area (Å²) in [5.41, 5.74) is 9.65. The Bertz CT molecular complexity index is 1980. The molecule has 5 heteroatoms. The molecule has 0 amide bonds. The van der Waals surface area contributed by atoms with Gasteiger partial charge in [0.05, 0.1) is 17.6 Å². The van der Waals surface area contributed by atoms with Gasteiger partial charge >= 0.3 is 0 Å². The van der Waals surface area contributed by atoms with Crippen molar-refractivity contribution in [3.05, 3.63) is 161 Å². The molecule has 1 N–H and O–H groups in total. The molecule has 0 bridgehead atoms. The number of halogens is 1. The molecule has 1 aromatic heterocycles. The van der Waals surface area contributed by atoms with E-state index in [1.807, 2.05) is 52.1 Å². The number of dihydropyridines is 1. The second kappa shape index (κ2) is 17.2. The Balaban J connectivity index is 0.00000117. The zero-order chi connectivity index (χ0) is 35.6. The molecule has 2 aliphatic rings. The van der Waals surface area contributed by atoms with Crippen LogP contribution >= 0.6 is 11.6 Å². The summed E-state index contributed by atoms with van der Waals surface area (Å²) in [5.74, 6) is 0.952. The van der Waals surface area contributed by atoms with Crippen LogP contribution in [0.2, 0.25) is 5.02 Å². The first-order chi connectivity index (χ1) is 24.5. The van der Waals surface area contributed by atoms with Crippen molar-refractivity contribution in [3.63, 3.8) is 0 Å². The highest BCUT2D eigenvalue weighted by Gasteiger charge is 2.23. The molecule has 1 aliphatic heterocycles. The molecule has 50 heavy (non-hydrogen) atoms. The van der Waals surface area contributed by atoms with E-state index in [9.17, 15) is 0 Å². The van der Waals surface area contributed by atoms with Gasteiger partial charge in [-0.3, -0.25) is 4.99 Å². The molecule has 4 aromatic carbocycles. The standard InChI is InChI=1S/C41H39ClN4.2C2H6/c1-28(30-14-6-4-7-15-30)44-41(31-16-8-5-9-17-31)45(3)29(2)33-24-34(26-35(42)25-33)32-21-22-39-37(27-32)36-18-10-11-19-38(36)46(39)40-20-12-13-23-43-40;2*1-2/h4-9,11-17,19-29,40,43H,10,18H2,1-3H3;2*1-2H3. The van der Waals surface area contributed by atoms with Gasteiger partial charge < -0.3 is 14.8 Å². The summed E-state index contributed by atoms with van der Waals surface area (Å²) in [5, 5.41) is 5.56. The summed E-state index contributed by atoms with van der Waals surface area (Å²) in [7, 11) is 2.13. The van der Waals surface area contributed by atoms with E-state index in [4.69, 9.17) is 16.6 Å². The largest absolute Gasteiger partial charge is 0.368 e. The number of benzene rings is 4. The Morgan fingerprint density at radius 3 is 2.26 bits per heavy atom.